The summed E-state index contributed by atoms with van der Waals surface area (Å²) in [7, 11) is 0. The maximum Gasteiger partial charge on any atom is 0.417 e. The Morgan fingerprint density at radius 2 is 1.88 bits per heavy atom. The van der Waals surface area contributed by atoms with Crippen molar-refractivity contribution in [3.05, 3.63) is 53.2 Å². The van der Waals surface area contributed by atoms with E-state index < -0.39 is 11.7 Å². The third kappa shape index (κ3) is 4.73. The van der Waals surface area contributed by atoms with Crippen molar-refractivity contribution >= 4 is 17.6 Å². The van der Waals surface area contributed by atoms with Crippen molar-refractivity contribution in [2.24, 2.45) is 5.92 Å². The molecule has 2 amide bonds. The molecule has 0 radical (unpaired) electrons. The van der Waals surface area contributed by atoms with Gasteiger partial charge in [-0.2, -0.15) is 18.3 Å². The highest BCUT2D eigenvalue weighted by molar-refractivity contribution is 5.96. The first kappa shape index (κ1) is 22.5. The molecule has 3 aromatic heterocycles. The molecule has 4 heterocycles. The number of rotatable bonds is 4. The van der Waals surface area contributed by atoms with Gasteiger partial charge >= 0.3 is 6.18 Å². The van der Waals surface area contributed by atoms with Crippen LogP contribution < -0.4 is 5.32 Å². The number of halogens is 3. The first-order chi connectivity index (χ1) is 15.6. The fourth-order valence-corrected chi connectivity index (χ4v) is 3.70. The predicted molar refractivity (Wildman–Crippen MR) is 110 cm³/mol. The number of nitrogens with zero attached hydrogens (tertiary/aromatic N) is 5. The molecule has 3 aromatic rings. The molecule has 0 bridgehead atoms. The van der Waals surface area contributed by atoms with Gasteiger partial charge in [0.05, 0.1) is 23.0 Å². The minimum atomic E-state index is -4.48. The summed E-state index contributed by atoms with van der Waals surface area (Å²) in [6, 6.07) is 3.75. The Morgan fingerprint density at radius 3 is 2.45 bits per heavy atom. The molecule has 1 saturated heterocycles. The van der Waals surface area contributed by atoms with E-state index in [1.807, 2.05) is 0 Å². The number of hydrogen-bond acceptors (Lipinski definition) is 6. The van der Waals surface area contributed by atoms with Crippen LogP contribution in [0.15, 0.2) is 35.1 Å². The van der Waals surface area contributed by atoms with Crippen molar-refractivity contribution in [3.63, 3.8) is 0 Å². The van der Waals surface area contributed by atoms with Crippen LogP contribution in [-0.4, -0.2) is 49.7 Å². The Labute approximate surface area is 186 Å². The maximum atomic E-state index is 13.0. The molecule has 174 valence electrons. The summed E-state index contributed by atoms with van der Waals surface area (Å²) < 4.78 is 44.5. The van der Waals surface area contributed by atoms with Crippen LogP contribution in [0.25, 0.3) is 5.82 Å². The Hall–Kier alpha value is -3.70. The molecule has 1 fully saturated rings. The van der Waals surface area contributed by atoms with Crippen molar-refractivity contribution in [1.29, 1.82) is 0 Å². The van der Waals surface area contributed by atoms with Gasteiger partial charge in [0, 0.05) is 31.3 Å². The number of alkyl halides is 3. The Morgan fingerprint density at radius 1 is 1.15 bits per heavy atom. The molecule has 12 heteroatoms. The third-order valence-corrected chi connectivity index (χ3v) is 5.56. The number of amides is 2. The monoisotopic (exact) mass is 462 g/mol. The lowest BCUT2D eigenvalue weighted by Gasteiger charge is -2.31. The van der Waals surface area contributed by atoms with Crippen molar-refractivity contribution < 1.29 is 27.3 Å². The zero-order valence-electron chi connectivity index (χ0n) is 17.9. The lowest BCUT2D eigenvalue weighted by atomic mass is 9.95. The largest absolute Gasteiger partial charge is 0.417 e. The molecule has 0 aliphatic carbocycles. The fraction of sp³-hybridized carbons (Fsp3) is 0.381. The van der Waals surface area contributed by atoms with E-state index in [2.05, 4.69) is 20.6 Å². The van der Waals surface area contributed by atoms with E-state index in [-0.39, 0.29) is 23.6 Å². The number of carbonyl (C=O) groups is 2. The summed E-state index contributed by atoms with van der Waals surface area (Å²) >= 11 is 0. The molecular formula is C21H21F3N6O3. The van der Waals surface area contributed by atoms with Crippen molar-refractivity contribution in [1.82, 2.24) is 24.8 Å². The van der Waals surface area contributed by atoms with Gasteiger partial charge in [-0.05, 0) is 38.8 Å². The maximum absolute atomic E-state index is 13.0. The normalized spacial score (nSPS) is 15.0. The van der Waals surface area contributed by atoms with Crippen LogP contribution in [-0.2, 0) is 11.0 Å². The lowest BCUT2D eigenvalue weighted by molar-refractivity contribution is -0.137. The Bertz CT molecular complexity index is 1160. The van der Waals surface area contributed by atoms with Crippen molar-refractivity contribution in [2.75, 3.05) is 18.4 Å². The summed E-state index contributed by atoms with van der Waals surface area (Å²) in [5.74, 6) is 0.442. The number of anilines is 1. The number of hydrogen-bond donors (Lipinski definition) is 1. The van der Waals surface area contributed by atoms with Crippen molar-refractivity contribution in [2.45, 2.75) is 32.9 Å². The quantitative estimate of drug-likeness (QED) is 0.637. The van der Waals surface area contributed by atoms with E-state index >= 15 is 0 Å². The third-order valence-electron chi connectivity index (χ3n) is 5.56. The first-order valence-electron chi connectivity index (χ1n) is 10.2. The van der Waals surface area contributed by atoms with E-state index in [1.165, 1.54) is 16.9 Å². The second-order valence-corrected chi connectivity index (χ2v) is 7.84. The van der Waals surface area contributed by atoms with Gasteiger partial charge in [0.2, 0.25) is 5.91 Å². The van der Waals surface area contributed by atoms with Gasteiger partial charge in [0.15, 0.2) is 11.6 Å². The van der Waals surface area contributed by atoms with E-state index in [4.69, 9.17) is 4.52 Å². The molecule has 1 N–H and O–H groups in total. The van der Waals surface area contributed by atoms with Crippen LogP contribution in [0.4, 0.5) is 19.0 Å². The van der Waals surface area contributed by atoms with Gasteiger partial charge in [-0.15, -0.1) is 0 Å². The first-order valence-corrected chi connectivity index (χ1v) is 10.2. The minimum Gasteiger partial charge on any atom is -0.360 e. The lowest BCUT2D eigenvalue weighted by Crippen LogP contribution is -2.41. The molecular weight excluding hydrogens is 441 g/mol. The number of pyridine rings is 1. The van der Waals surface area contributed by atoms with Crippen LogP contribution in [0.2, 0.25) is 0 Å². The predicted octanol–water partition coefficient (Wildman–Crippen LogP) is 3.38. The summed E-state index contributed by atoms with van der Waals surface area (Å²) in [5, 5.41) is 10.6. The fourth-order valence-electron chi connectivity index (χ4n) is 3.70. The van der Waals surface area contributed by atoms with Gasteiger partial charge in [-0.1, -0.05) is 5.16 Å². The number of carbonyl (C=O) groups excluding carboxylic acids is 2. The van der Waals surface area contributed by atoms with E-state index in [1.54, 1.807) is 24.8 Å². The summed E-state index contributed by atoms with van der Waals surface area (Å²) in [6.45, 7) is 4.15. The molecule has 0 unspecified atom stereocenters. The molecule has 1 aliphatic heterocycles. The average Bonchev–Trinajstić information content (AvgIpc) is 3.37. The van der Waals surface area contributed by atoms with Crippen LogP contribution in [0.1, 0.15) is 40.2 Å². The number of aryl methyl sites for hydroxylation is 1. The van der Waals surface area contributed by atoms with E-state index in [0.29, 0.717) is 48.8 Å². The highest BCUT2D eigenvalue weighted by Gasteiger charge is 2.32. The molecule has 0 spiro atoms. The molecule has 0 atom stereocenters. The van der Waals surface area contributed by atoms with Gasteiger partial charge in [-0.3, -0.25) is 9.59 Å². The highest BCUT2D eigenvalue weighted by Crippen LogP contribution is 2.29. The van der Waals surface area contributed by atoms with Gasteiger partial charge < -0.3 is 14.7 Å². The zero-order valence-corrected chi connectivity index (χ0v) is 17.9. The topological polar surface area (TPSA) is 106 Å². The zero-order chi connectivity index (χ0) is 23.8. The van der Waals surface area contributed by atoms with Gasteiger partial charge in [0.1, 0.15) is 5.76 Å². The van der Waals surface area contributed by atoms with Crippen molar-refractivity contribution in [3.8, 4) is 5.82 Å². The average molecular weight is 462 g/mol. The van der Waals surface area contributed by atoms with Crippen LogP contribution in [0, 0.1) is 19.8 Å². The van der Waals surface area contributed by atoms with E-state index in [9.17, 15) is 22.8 Å². The van der Waals surface area contributed by atoms with Gasteiger partial charge in [-0.25, -0.2) is 9.67 Å². The Kier molecular flexibility index (Phi) is 5.91. The molecule has 4 rings (SSSR count). The number of aromatic nitrogens is 4. The highest BCUT2D eigenvalue weighted by atomic mass is 19.4. The molecule has 33 heavy (non-hydrogen) atoms. The second-order valence-electron chi connectivity index (χ2n) is 7.84. The van der Waals surface area contributed by atoms with E-state index in [0.717, 1.165) is 12.3 Å². The van der Waals surface area contributed by atoms with Crippen LogP contribution in [0.5, 0.6) is 0 Å². The summed E-state index contributed by atoms with van der Waals surface area (Å²) in [6.07, 6.45) is -1.40. The molecule has 0 aromatic carbocycles. The summed E-state index contributed by atoms with van der Waals surface area (Å²) in [5.41, 5.74) is -0.0656. The smallest absolute Gasteiger partial charge is 0.360 e. The SMILES string of the molecule is Cc1cc(NC(=O)C2CCN(C(=O)c3cnn(-c4ccc(C(F)(F)F)cn4)c3C)CC2)no1. The molecule has 0 saturated carbocycles. The molecule has 9 nitrogen and oxygen atoms in total. The second kappa shape index (κ2) is 8.68. The van der Waals surface area contributed by atoms with Gasteiger partial charge in [0.25, 0.3) is 5.91 Å². The van der Waals surface area contributed by atoms with Crippen LogP contribution >= 0.6 is 0 Å². The standard InChI is InChI=1S/C21H21F3N6O3/c1-12-9-17(28-33-12)27-19(31)14-5-7-29(8-6-14)20(32)16-11-26-30(13(16)2)18-4-3-15(10-25-18)21(22,23)24/h3-4,9-11,14H,5-8H2,1-2H3,(H,27,28,31). The van der Waals surface area contributed by atoms with Crippen LogP contribution in [0.3, 0.4) is 0 Å². The summed E-state index contributed by atoms with van der Waals surface area (Å²) in [4.78, 5) is 30.9. The molecule has 1 aliphatic rings. The number of nitrogens with one attached hydrogen (secondary N) is 1. The number of likely N-dealkylation sites (tertiary alicyclic amines) is 1. The number of piperidine rings is 1. The Balaban J connectivity index is 1.39. The minimum absolute atomic E-state index is 0.173.